The Kier molecular flexibility index (Phi) is 7.14. The topological polar surface area (TPSA) is 65.5 Å². The van der Waals surface area contributed by atoms with E-state index < -0.39 is 0 Å². The molecular weight excluding hydrogens is 364 g/mol. The lowest BCUT2D eigenvalue weighted by Gasteiger charge is -2.31. The van der Waals surface area contributed by atoms with Gasteiger partial charge >= 0.3 is 0 Å². The number of nitrogens with one attached hydrogen (secondary N) is 1. The van der Waals surface area contributed by atoms with Crippen LogP contribution in [0, 0.1) is 17.8 Å². The smallest absolute Gasteiger partial charge is 0.226 e. The molecule has 2 amide bonds. The minimum Gasteiger partial charge on any atom is -0.352 e. The third-order valence-corrected chi connectivity index (χ3v) is 6.51. The van der Waals surface area contributed by atoms with Crippen LogP contribution in [0.15, 0.2) is 18.3 Å². The summed E-state index contributed by atoms with van der Waals surface area (Å²) in [6, 6.07) is 4.27. The molecule has 6 nitrogen and oxygen atoms in total. The highest BCUT2D eigenvalue weighted by Gasteiger charge is 2.41. The lowest BCUT2D eigenvalue weighted by molar-refractivity contribution is -0.134. The number of amides is 2. The van der Waals surface area contributed by atoms with Gasteiger partial charge in [0.25, 0.3) is 0 Å². The fourth-order valence-corrected chi connectivity index (χ4v) is 4.62. The SMILES string of the molecule is CCC(CC)C(=O)N1C[C@H]2CCCCN(c3ccc(NC(=O)C(C)C)cn3)[C@H]2C1. The number of likely N-dealkylation sites (tertiary alicyclic amines) is 1. The Bertz CT molecular complexity index is 699. The second-order valence-corrected chi connectivity index (χ2v) is 8.82. The normalized spacial score (nSPS) is 22.0. The molecule has 0 radical (unpaired) electrons. The van der Waals surface area contributed by atoms with E-state index in [1.54, 1.807) is 6.20 Å². The first-order valence-electron chi connectivity index (χ1n) is 11.3. The van der Waals surface area contributed by atoms with Crippen LogP contribution in [0.4, 0.5) is 11.5 Å². The van der Waals surface area contributed by atoms with Crippen LogP contribution in [0.3, 0.4) is 0 Å². The van der Waals surface area contributed by atoms with Gasteiger partial charge in [-0.3, -0.25) is 9.59 Å². The van der Waals surface area contributed by atoms with Gasteiger partial charge in [0.05, 0.1) is 17.9 Å². The van der Waals surface area contributed by atoms with Crippen molar-refractivity contribution in [3.8, 4) is 0 Å². The minimum atomic E-state index is -0.0573. The number of fused-ring (bicyclic) bond motifs is 1. The van der Waals surface area contributed by atoms with E-state index >= 15 is 0 Å². The maximum atomic E-state index is 12.9. The van der Waals surface area contributed by atoms with Gasteiger partial charge in [-0.15, -0.1) is 0 Å². The highest BCUT2D eigenvalue weighted by molar-refractivity contribution is 5.91. The van der Waals surface area contributed by atoms with Gasteiger partial charge in [0, 0.05) is 31.5 Å². The Labute approximate surface area is 175 Å². The van der Waals surface area contributed by atoms with Gasteiger partial charge in [-0.1, -0.05) is 34.1 Å². The summed E-state index contributed by atoms with van der Waals surface area (Å²) in [6.07, 6.45) is 7.11. The van der Waals surface area contributed by atoms with Crippen LogP contribution in [-0.2, 0) is 9.59 Å². The average molecular weight is 401 g/mol. The van der Waals surface area contributed by atoms with E-state index in [0.717, 1.165) is 50.4 Å². The molecule has 0 aliphatic carbocycles. The van der Waals surface area contributed by atoms with Crippen LogP contribution in [0.1, 0.15) is 59.8 Å². The number of aromatic nitrogens is 1. The third kappa shape index (κ3) is 4.90. The Hall–Kier alpha value is -2.11. The van der Waals surface area contributed by atoms with Crippen molar-refractivity contribution < 1.29 is 9.59 Å². The number of rotatable bonds is 6. The summed E-state index contributed by atoms with van der Waals surface area (Å²) >= 11 is 0. The maximum absolute atomic E-state index is 12.9. The minimum absolute atomic E-state index is 0.000682. The highest BCUT2D eigenvalue weighted by Crippen LogP contribution is 2.33. The number of carbonyl (C=O) groups is 2. The van der Waals surface area contributed by atoms with Crippen molar-refractivity contribution in [3.63, 3.8) is 0 Å². The Morgan fingerprint density at radius 1 is 1.17 bits per heavy atom. The van der Waals surface area contributed by atoms with Crippen molar-refractivity contribution in [1.29, 1.82) is 0 Å². The Balaban J connectivity index is 1.73. The zero-order valence-electron chi connectivity index (χ0n) is 18.4. The number of carbonyl (C=O) groups excluding carboxylic acids is 2. The van der Waals surface area contributed by atoms with E-state index in [1.165, 1.54) is 12.8 Å². The monoisotopic (exact) mass is 400 g/mol. The summed E-state index contributed by atoms with van der Waals surface area (Å²) < 4.78 is 0. The fraction of sp³-hybridized carbons (Fsp3) is 0.696. The molecule has 2 atom stereocenters. The number of hydrogen-bond acceptors (Lipinski definition) is 4. The van der Waals surface area contributed by atoms with Gasteiger partial charge in [0.15, 0.2) is 0 Å². The molecule has 1 aromatic heterocycles. The summed E-state index contributed by atoms with van der Waals surface area (Å²) in [5.74, 6) is 1.87. The second kappa shape index (κ2) is 9.59. The van der Waals surface area contributed by atoms with Crippen LogP contribution in [0.5, 0.6) is 0 Å². The first-order chi connectivity index (χ1) is 13.9. The molecule has 2 aliphatic rings. The van der Waals surface area contributed by atoms with Gasteiger partial charge in [0.1, 0.15) is 5.82 Å². The fourth-order valence-electron chi connectivity index (χ4n) is 4.62. The van der Waals surface area contributed by atoms with Gasteiger partial charge in [-0.05, 0) is 43.7 Å². The molecule has 1 N–H and O–H groups in total. The molecule has 2 fully saturated rings. The summed E-state index contributed by atoms with van der Waals surface area (Å²) in [6.45, 7) is 10.6. The Morgan fingerprint density at radius 2 is 1.93 bits per heavy atom. The molecule has 0 unspecified atom stereocenters. The highest BCUT2D eigenvalue weighted by atomic mass is 16.2. The van der Waals surface area contributed by atoms with E-state index in [1.807, 2.05) is 26.0 Å². The van der Waals surface area contributed by atoms with Crippen molar-refractivity contribution in [2.24, 2.45) is 17.8 Å². The van der Waals surface area contributed by atoms with Gasteiger partial charge in [0.2, 0.25) is 11.8 Å². The molecular formula is C23H36N4O2. The predicted molar refractivity (Wildman–Crippen MR) is 117 cm³/mol. The molecule has 2 aliphatic heterocycles. The van der Waals surface area contributed by atoms with Gasteiger partial charge < -0.3 is 15.1 Å². The average Bonchev–Trinajstić information content (AvgIpc) is 3.03. The van der Waals surface area contributed by atoms with Crippen molar-refractivity contribution >= 4 is 23.3 Å². The van der Waals surface area contributed by atoms with Crippen LogP contribution in [0.2, 0.25) is 0 Å². The van der Waals surface area contributed by atoms with Crippen molar-refractivity contribution in [1.82, 2.24) is 9.88 Å². The summed E-state index contributed by atoms with van der Waals surface area (Å²) in [5.41, 5.74) is 0.732. The summed E-state index contributed by atoms with van der Waals surface area (Å²) in [7, 11) is 0. The zero-order chi connectivity index (χ0) is 21.0. The largest absolute Gasteiger partial charge is 0.352 e. The van der Waals surface area contributed by atoms with Crippen molar-refractivity contribution in [2.45, 2.75) is 65.8 Å². The number of nitrogens with zero attached hydrogens (tertiary/aromatic N) is 3. The van der Waals surface area contributed by atoms with E-state index in [4.69, 9.17) is 0 Å². The molecule has 2 saturated heterocycles. The first kappa shape index (κ1) is 21.6. The molecule has 0 bridgehead atoms. The van der Waals surface area contributed by atoms with Crippen molar-refractivity contribution in [2.75, 3.05) is 29.9 Å². The Morgan fingerprint density at radius 3 is 2.55 bits per heavy atom. The van der Waals surface area contributed by atoms with Crippen LogP contribution < -0.4 is 10.2 Å². The third-order valence-electron chi connectivity index (χ3n) is 6.51. The van der Waals surface area contributed by atoms with E-state index in [2.05, 4.69) is 33.9 Å². The van der Waals surface area contributed by atoms with Gasteiger partial charge in [-0.2, -0.15) is 0 Å². The first-order valence-corrected chi connectivity index (χ1v) is 11.3. The quantitative estimate of drug-likeness (QED) is 0.786. The predicted octanol–water partition coefficient (Wildman–Crippen LogP) is 3.93. The molecule has 3 heterocycles. The van der Waals surface area contributed by atoms with Crippen LogP contribution in [0.25, 0.3) is 0 Å². The number of anilines is 2. The number of pyridine rings is 1. The summed E-state index contributed by atoms with van der Waals surface area (Å²) in [5, 5.41) is 2.90. The number of hydrogen-bond donors (Lipinski definition) is 1. The molecule has 0 spiro atoms. The van der Waals surface area contributed by atoms with E-state index in [9.17, 15) is 9.59 Å². The van der Waals surface area contributed by atoms with E-state index in [0.29, 0.717) is 17.9 Å². The zero-order valence-corrected chi connectivity index (χ0v) is 18.4. The molecule has 1 aromatic rings. The molecule has 160 valence electrons. The lowest BCUT2D eigenvalue weighted by atomic mass is 9.98. The standard InChI is InChI=1S/C23H36N4O2/c1-5-17(6-2)23(29)26-14-18-9-7-8-12-27(20(18)15-26)21-11-10-19(13-24-21)25-22(28)16(3)4/h10-11,13,16-18,20H,5-9,12,14-15H2,1-4H3,(H,25,28)/t18-,20+/m1/s1. The summed E-state index contributed by atoms with van der Waals surface area (Å²) in [4.78, 5) is 34.0. The molecule has 6 heteroatoms. The lowest BCUT2D eigenvalue weighted by Crippen LogP contribution is -2.42. The van der Waals surface area contributed by atoms with E-state index in [-0.39, 0.29) is 17.7 Å². The molecule has 0 saturated carbocycles. The molecule has 3 rings (SSSR count). The maximum Gasteiger partial charge on any atom is 0.226 e. The molecule has 29 heavy (non-hydrogen) atoms. The van der Waals surface area contributed by atoms with Crippen LogP contribution in [-0.4, -0.2) is 47.4 Å². The van der Waals surface area contributed by atoms with Gasteiger partial charge in [-0.25, -0.2) is 4.98 Å². The molecule has 0 aromatic carbocycles. The van der Waals surface area contributed by atoms with Crippen molar-refractivity contribution in [3.05, 3.63) is 18.3 Å². The van der Waals surface area contributed by atoms with Crippen LogP contribution >= 0.6 is 0 Å². The second-order valence-electron chi connectivity index (χ2n) is 8.82.